The summed E-state index contributed by atoms with van der Waals surface area (Å²) in [5, 5.41) is 2.77. The lowest BCUT2D eigenvalue weighted by Gasteiger charge is -2.33. The summed E-state index contributed by atoms with van der Waals surface area (Å²) in [5.74, 6) is -1.00. The van der Waals surface area contributed by atoms with Gasteiger partial charge in [-0.1, -0.05) is 30.3 Å². The van der Waals surface area contributed by atoms with Gasteiger partial charge < -0.3 is 20.7 Å². The summed E-state index contributed by atoms with van der Waals surface area (Å²) in [4.78, 5) is 38.0. The van der Waals surface area contributed by atoms with Crippen molar-refractivity contribution in [3.8, 4) is 0 Å². The number of hydrogen-bond donors (Lipinski definition) is 2. The Morgan fingerprint density at radius 3 is 2.30 bits per heavy atom. The van der Waals surface area contributed by atoms with Gasteiger partial charge in [0, 0.05) is 25.4 Å². The Kier molecular flexibility index (Phi) is 6.82. The second kappa shape index (κ2) is 8.88. The summed E-state index contributed by atoms with van der Waals surface area (Å²) in [6, 6.07) is 8.68. The van der Waals surface area contributed by atoms with Gasteiger partial charge in [0.15, 0.2) is 0 Å². The van der Waals surface area contributed by atoms with Crippen molar-refractivity contribution < 1.29 is 19.1 Å². The van der Waals surface area contributed by atoms with Crippen molar-refractivity contribution in [3.63, 3.8) is 0 Å². The van der Waals surface area contributed by atoms with Gasteiger partial charge in [-0.3, -0.25) is 9.59 Å². The van der Waals surface area contributed by atoms with Crippen molar-refractivity contribution in [1.82, 2.24) is 10.2 Å². The second-order valence-electron chi connectivity index (χ2n) is 7.89. The fourth-order valence-electron chi connectivity index (χ4n) is 3.01. The Morgan fingerprint density at radius 2 is 1.78 bits per heavy atom. The molecule has 3 amide bonds. The van der Waals surface area contributed by atoms with Crippen LogP contribution in [0, 0.1) is 5.92 Å². The van der Waals surface area contributed by atoms with Crippen molar-refractivity contribution in [2.45, 2.75) is 51.7 Å². The Bertz CT molecular complexity index is 662. The van der Waals surface area contributed by atoms with Crippen LogP contribution in [-0.2, 0) is 20.7 Å². The van der Waals surface area contributed by atoms with Gasteiger partial charge in [0.1, 0.15) is 11.6 Å². The van der Waals surface area contributed by atoms with E-state index >= 15 is 0 Å². The maximum absolute atomic E-state index is 12.6. The summed E-state index contributed by atoms with van der Waals surface area (Å²) < 4.78 is 5.36. The summed E-state index contributed by atoms with van der Waals surface area (Å²) >= 11 is 0. The number of hydrogen-bond acceptors (Lipinski definition) is 4. The van der Waals surface area contributed by atoms with Crippen LogP contribution in [0.2, 0.25) is 0 Å². The van der Waals surface area contributed by atoms with Gasteiger partial charge in [-0.05, 0) is 39.2 Å². The average molecular weight is 375 g/mol. The molecule has 1 heterocycles. The van der Waals surface area contributed by atoms with Gasteiger partial charge in [-0.15, -0.1) is 0 Å². The van der Waals surface area contributed by atoms with Gasteiger partial charge in [-0.2, -0.15) is 0 Å². The number of ether oxygens (including phenoxy) is 1. The Morgan fingerprint density at radius 1 is 1.19 bits per heavy atom. The number of nitrogens with zero attached hydrogens (tertiary/aromatic N) is 1. The minimum atomic E-state index is -0.746. The molecule has 7 nitrogen and oxygen atoms in total. The van der Waals surface area contributed by atoms with E-state index in [9.17, 15) is 14.4 Å². The van der Waals surface area contributed by atoms with Gasteiger partial charge >= 0.3 is 6.09 Å². The molecule has 1 fully saturated rings. The molecule has 1 atom stereocenters. The molecule has 148 valence electrons. The molecule has 0 bridgehead atoms. The number of nitrogens with one attached hydrogen (secondary N) is 1. The molecule has 1 aliphatic heterocycles. The minimum Gasteiger partial charge on any atom is -0.444 e. The lowest BCUT2D eigenvalue weighted by molar-refractivity contribution is -0.131. The number of likely N-dealkylation sites (tertiary alicyclic amines) is 1. The van der Waals surface area contributed by atoms with E-state index in [0.29, 0.717) is 32.4 Å². The Hall–Kier alpha value is -2.57. The molecule has 0 aliphatic carbocycles. The summed E-state index contributed by atoms with van der Waals surface area (Å²) in [6.45, 7) is 6.37. The SMILES string of the molecule is CC(C)(C)OC(=O)N1CCC(C(=O)N[C@@H](Cc2ccccc2)C(N)=O)CC1. The van der Waals surface area contributed by atoms with Crippen molar-refractivity contribution in [1.29, 1.82) is 0 Å². The molecule has 0 aromatic heterocycles. The smallest absolute Gasteiger partial charge is 0.410 e. The second-order valence-corrected chi connectivity index (χ2v) is 7.89. The van der Waals surface area contributed by atoms with Gasteiger partial charge in [0.2, 0.25) is 11.8 Å². The van der Waals surface area contributed by atoms with Crippen LogP contribution in [0.4, 0.5) is 4.79 Å². The van der Waals surface area contributed by atoms with Crippen LogP contribution in [0.5, 0.6) is 0 Å². The van der Waals surface area contributed by atoms with E-state index in [-0.39, 0.29) is 17.9 Å². The number of carbonyl (C=O) groups is 3. The predicted molar refractivity (Wildman–Crippen MR) is 102 cm³/mol. The number of rotatable bonds is 5. The summed E-state index contributed by atoms with van der Waals surface area (Å²) in [7, 11) is 0. The molecule has 27 heavy (non-hydrogen) atoms. The molecule has 0 spiro atoms. The van der Waals surface area contributed by atoms with Crippen LogP contribution in [0.3, 0.4) is 0 Å². The standard InChI is InChI=1S/C20H29N3O4/c1-20(2,3)27-19(26)23-11-9-15(10-12-23)18(25)22-16(17(21)24)13-14-7-5-4-6-8-14/h4-8,15-16H,9-13H2,1-3H3,(H2,21,24)(H,22,25)/t16-/m0/s1. The molecule has 0 unspecified atom stereocenters. The first-order chi connectivity index (χ1) is 12.7. The number of carbonyl (C=O) groups excluding carboxylic acids is 3. The van der Waals surface area contributed by atoms with Gasteiger partial charge in [0.05, 0.1) is 0 Å². The zero-order chi connectivity index (χ0) is 20.0. The fraction of sp³-hybridized carbons (Fsp3) is 0.550. The average Bonchev–Trinajstić information content (AvgIpc) is 2.60. The summed E-state index contributed by atoms with van der Waals surface area (Å²) in [5.41, 5.74) is 5.85. The number of amides is 3. The van der Waals surface area contributed by atoms with Crippen LogP contribution < -0.4 is 11.1 Å². The van der Waals surface area contributed by atoms with Crippen LogP contribution in [0.1, 0.15) is 39.2 Å². The number of primary amides is 1. The maximum atomic E-state index is 12.6. The third-order valence-corrected chi connectivity index (χ3v) is 4.46. The molecule has 3 N–H and O–H groups in total. The first kappa shape index (κ1) is 20.7. The Balaban J connectivity index is 1.87. The third-order valence-electron chi connectivity index (χ3n) is 4.46. The largest absolute Gasteiger partial charge is 0.444 e. The molecule has 7 heteroatoms. The van der Waals surface area contributed by atoms with Crippen LogP contribution in [0.15, 0.2) is 30.3 Å². The van der Waals surface area contributed by atoms with E-state index in [1.807, 2.05) is 51.1 Å². The zero-order valence-electron chi connectivity index (χ0n) is 16.2. The molecule has 1 saturated heterocycles. The highest BCUT2D eigenvalue weighted by molar-refractivity contribution is 5.88. The third kappa shape index (κ3) is 6.58. The van der Waals surface area contributed by atoms with Crippen molar-refractivity contribution >= 4 is 17.9 Å². The maximum Gasteiger partial charge on any atom is 0.410 e. The number of benzene rings is 1. The highest BCUT2D eigenvalue weighted by Crippen LogP contribution is 2.20. The fourth-order valence-corrected chi connectivity index (χ4v) is 3.01. The molecule has 1 aromatic rings. The topological polar surface area (TPSA) is 102 Å². The van der Waals surface area contributed by atoms with Crippen LogP contribution in [-0.4, -0.2) is 47.5 Å². The van der Waals surface area contributed by atoms with E-state index in [0.717, 1.165) is 5.56 Å². The molecule has 0 radical (unpaired) electrons. The van der Waals surface area contributed by atoms with Crippen LogP contribution >= 0.6 is 0 Å². The quantitative estimate of drug-likeness (QED) is 0.820. The first-order valence-corrected chi connectivity index (χ1v) is 9.27. The van der Waals surface area contributed by atoms with E-state index in [1.165, 1.54) is 0 Å². The van der Waals surface area contributed by atoms with Crippen molar-refractivity contribution in [2.24, 2.45) is 11.7 Å². The van der Waals surface area contributed by atoms with E-state index in [1.54, 1.807) is 4.90 Å². The summed E-state index contributed by atoms with van der Waals surface area (Å²) in [6.07, 6.45) is 1.06. The normalized spacial score (nSPS) is 16.5. The van der Waals surface area contributed by atoms with Gasteiger partial charge in [0.25, 0.3) is 0 Å². The predicted octanol–water partition coefficient (Wildman–Crippen LogP) is 1.85. The van der Waals surface area contributed by atoms with E-state index in [2.05, 4.69) is 5.32 Å². The minimum absolute atomic E-state index is 0.196. The first-order valence-electron chi connectivity index (χ1n) is 9.27. The van der Waals surface area contributed by atoms with Crippen molar-refractivity contribution in [2.75, 3.05) is 13.1 Å². The van der Waals surface area contributed by atoms with Crippen molar-refractivity contribution in [3.05, 3.63) is 35.9 Å². The molecular weight excluding hydrogens is 346 g/mol. The van der Waals surface area contributed by atoms with E-state index in [4.69, 9.17) is 10.5 Å². The lowest BCUT2D eigenvalue weighted by atomic mass is 9.95. The zero-order valence-corrected chi connectivity index (χ0v) is 16.2. The number of nitrogens with two attached hydrogens (primary N) is 1. The lowest BCUT2D eigenvalue weighted by Crippen LogP contribution is -2.50. The molecule has 1 aliphatic rings. The monoisotopic (exact) mass is 375 g/mol. The number of piperidine rings is 1. The molecular formula is C20H29N3O4. The van der Waals surface area contributed by atoms with Crippen LogP contribution in [0.25, 0.3) is 0 Å². The highest BCUT2D eigenvalue weighted by atomic mass is 16.6. The van der Waals surface area contributed by atoms with Gasteiger partial charge in [-0.25, -0.2) is 4.79 Å². The highest BCUT2D eigenvalue weighted by Gasteiger charge is 2.31. The molecule has 0 saturated carbocycles. The van der Waals surface area contributed by atoms with E-state index < -0.39 is 17.6 Å². The molecule has 1 aromatic carbocycles. The molecule has 2 rings (SSSR count). The Labute approximate surface area is 160 Å².